The number of rotatable bonds is 8. The van der Waals surface area contributed by atoms with E-state index in [1.54, 1.807) is 0 Å². The third-order valence-corrected chi connectivity index (χ3v) is 2.75. The maximum absolute atomic E-state index is 8.86. The normalized spacial score (nSPS) is 14.8. The van der Waals surface area contributed by atoms with Crippen LogP contribution in [-0.2, 0) is 0 Å². The van der Waals surface area contributed by atoms with Crippen molar-refractivity contribution in [3.63, 3.8) is 0 Å². The molecule has 0 saturated heterocycles. The summed E-state index contributed by atoms with van der Waals surface area (Å²) in [5, 5.41) is 20.5. The van der Waals surface area contributed by atoms with E-state index in [9.17, 15) is 0 Å². The minimum absolute atomic E-state index is 0.198. The zero-order valence-electron chi connectivity index (χ0n) is 10.6. The van der Waals surface area contributed by atoms with Gasteiger partial charge in [0.1, 0.15) is 5.84 Å². The predicted molar refractivity (Wildman–Crippen MR) is 65.6 cm³/mol. The van der Waals surface area contributed by atoms with Gasteiger partial charge in [0, 0.05) is 31.7 Å². The molecule has 96 valence electrons. The smallest absolute Gasteiger partial charge is 0.140 e. The molecule has 0 aliphatic heterocycles. The zero-order valence-corrected chi connectivity index (χ0v) is 10.6. The van der Waals surface area contributed by atoms with Gasteiger partial charge in [0.2, 0.25) is 0 Å². The van der Waals surface area contributed by atoms with Gasteiger partial charge in [-0.15, -0.1) is 0 Å². The Labute approximate surface area is 97.9 Å². The molecule has 0 spiro atoms. The first-order valence-corrected chi connectivity index (χ1v) is 5.89. The third-order valence-electron chi connectivity index (χ3n) is 2.75. The van der Waals surface area contributed by atoms with E-state index in [1.807, 2.05) is 0 Å². The molecule has 1 unspecified atom stereocenters. The maximum Gasteiger partial charge on any atom is 0.140 e. The molecule has 0 saturated carbocycles. The molecule has 0 aliphatic carbocycles. The molecular formula is C11H25N3O2. The summed E-state index contributed by atoms with van der Waals surface area (Å²) in [7, 11) is 0. The van der Waals surface area contributed by atoms with Crippen molar-refractivity contribution in [3.8, 4) is 0 Å². The van der Waals surface area contributed by atoms with Crippen LogP contribution in [0.15, 0.2) is 5.16 Å². The number of nitrogens with zero attached hydrogens (tertiary/aromatic N) is 2. The van der Waals surface area contributed by atoms with Crippen molar-refractivity contribution in [2.75, 3.05) is 13.2 Å². The molecule has 0 bridgehead atoms. The Balaban J connectivity index is 4.45. The topological polar surface area (TPSA) is 82.1 Å². The number of oxime groups is 1. The van der Waals surface area contributed by atoms with Crippen LogP contribution in [0.5, 0.6) is 0 Å². The van der Waals surface area contributed by atoms with Crippen LogP contribution in [0.25, 0.3) is 0 Å². The number of hydrogen-bond acceptors (Lipinski definition) is 4. The van der Waals surface area contributed by atoms with Gasteiger partial charge in [-0.1, -0.05) is 12.1 Å². The number of hydrogen-bond donors (Lipinski definition) is 3. The average Bonchev–Trinajstić information content (AvgIpc) is 2.27. The van der Waals surface area contributed by atoms with E-state index < -0.39 is 0 Å². The van der Waals surface area contributed by atoms with Gasteiger partial charge in [0.25, 0.3) is 0 Å². The molecule has 0 amide bonds. The highest BCUT2D eigenvalue weighted by Crippen LogP contribution is 2.13. The van der Waals surface area contributed by atoms with E-state index in [1.165, 1.54) is 0 Å². The summed E-state index contributed by atoms with van der Waals surface area (Å²) in [4.78, 5) is 2.29. The van der Waals surface area contributed by atoms with Crippen molar-refractivity contribution in [1.82, 2.24) is 4.90 Å². The Hall–Kier alpha value is -0.810. The Morgan fingerprint density at radius 3 is 2.44 bits per heavy atom. The lowest BCUT2D eigenvalue weighted by molar-refractivity contribution is 0.136. The van der Waals surface area contributed by atoms with Gasteiger partial charge in [-0.25, -0.2) is 0 Å². The van der Waals surface area contributed by atoms with E-state index in [2.05, 4.69) is 30.8 Å². The molecule has 0 radical (unpaired) electrons. The monoisotopic (exact) mass is 231 g/mol. The van der Waals surface area contributed by atoms with Gasteiger partial charge < -0.3 is 16.0 Å². The second-order valence-corrected chi connectivity index (χ2v) is 4.27. The van der Waals surface area contributed by atoms with Gasteiger partial charge in [0.15, 0.2) is 0 Å². The molecule has 5 nitrogen and oxygen atoms in total. The van der Waals surface area contributed by atoms with Crippen LogP contribution in [0.3, 0.4) is 0 Å². The van der Waals surface area contributed by atoms with Gasteiger partial charge >= 0.3 is 0 Å². The highest BCUT2D eigenvalue weighted by molar-refractivity contribution is 5.80. The standard InChI is InChI=1S/C11H25N3O2/c1-4-10(8-11(12)13-16)14(9(2)3)6-5-7-15/h9-10,15-16H,4-8H2,1-3H3,(H2,12,13). The van der Waals surface area contributed by atoms with Crippen molar-refractivity contribution in [2.45, 2.75) is 52.1 Å². The quantitative estimate of drug-likeness (QED) is 0.252. The highest BCUT2D eigenvalue weighted by atomic mass is 16.4. The molecule has 1 atom stereocenters. The molecule has 0 aliphatic rings. The molecule has 5 heteroatoms. The SMILES string of the molecule is CCC(CC(N)=NO)N(CCCO)C(C)C. The molecule has 0 fully saturated rings. The summed E-state index contributed by atoms with van der Waals surface area (Å²) in [5.74, 6) is 0.265. The molecule has 0 heterocycles. The first kappa shape index (κ1) is 15.2. The van der Waals surface area contributed by atoms with Crippen LogP contribution >= 0.6 is 0 Å². The predicted octanol–water partition coefficient (Wildman–Crippen LogP) is 0.994. The summed E-state index contributed by atoms with van der Waals surface area (Å²) in [6, 6.07) is 0.658. The Kier molecular flexibility index (Phi) is 7.93. The average molecular weight is 231 g/mol. The fourth-order valence-corrected chi connectivity index (χ4v) is 1.89. The van der Waals surface area contributed by atoms with Crippen LogP contribution in [-0.4, -0.2) is 46.3 Å². The molecule has 16 heavy (non-hydrogen) atoms. The largest absolute Gasteiger partial charge is 0.409 e. The van der Waals surface area contributed by atoms with Crippen LogP contribution < -0.4 is 5.73 Å². The van der Waals surface area contributed by atoms with E-state index in [0.29, 0.717) is 12.5 Å². The van der Waals surface area contributed by atoms with Crippen LogP contribution in [0.4, 0.5) is 0 Å². The Bertz CT molecular complexity index is 207. The molecular weight excluding hydrogens is 206 g/mol. The highest BCUT2D eigenvalue weighted by Gasteiger charge is 2.20. The van der Waals surface area contributed by atoms with E-state index in [4.69, 9.17) is 16.0 Å². The number of amidine groups is 1. The molecule has 0 aromatic rings. The van der Waals surface area contributed by atoms with Crippen LogP contribution in [0.1, 0.15) is 40.0 Å². The first-order chi connectivity index (χ1) is 7.56. The molecule has 0 rings (SSSR count). The Morgan fingerprint density at radius 1 is 1.44 bits per heavy atom. The van der Waals surface area contributed by atoms with E-state index in [-0.39, 0.29) is 18.5 Å². The first-order valence-electron chi connectivity index (χ1n) is 5.89. The summed E-state index contributed by atoms with van der Waals surface area (Å²) in [6.45, 7) is 7.36. The lowest BCUT2D eigenvalue weighted by Gasteiger charge is -2.34. The van der Waals surface area contributed by atoms with E-state index in [0.717, 1.165) is 19.4 Å². The summed E-state index contributed by atoms with van der Waals surface area (Å²) in [6.07, 6.45) is 2.27. The summed E-state index contributed by atoms with van der Waals surface area (Å²) in [5.41, 5.74) is 5.54. The second kappa shape index (κ2) is 8.35. The summed E-state index contributed by atoms with van der Waals surface area (Å²) >= 11 is 0. The maximum atomic E-state index is 8.86. The van der Waals surface area contributed by atoms with Gasteiger partial charge in [-0.3, -0.25) is 4.90 Å². The van der Waals surface area contributed by atoms with Gasteiger partial charge in [-0.2, -0.15) is 0 Å². The van der Waals surface area contributed by atoms with Crippen molar-refractivity contribution >= 4 is 5.84 Å². The fourth-order valence-electron chi connectivity index (χ4n) is 1.89. The molecule has 0 aromatic carbocycles. The van der Waals surface area contributed by atoms with Crippen molar-refractivity contribution < 1.29 is 10.3 Å². The van der Waals surface area contributed by atoms with Crippen molar-refractivity contribution in [2.24, 2.45) is 10.9 Å². The second-order valence-electron chi connectivity index (χ2n) is 4.27. The van der Waals surface area contributed by atoms with Gasteiger partial charge in [0.05, 0.1) is 0 Å². The zero-order chi connectivity index (χ0) is 12.6. The third kappa shape index (κ3) is 5.32. The number of aliphatic hydroxyl groups excluding tert-OH is 1. The summed E-state index contributed by atoms with van der Waals surface area (Å²) < 4.78 is 0. The number of aliphatic hydroxyl groups is 1. The minimum atomic E-state index is 0.198. The Morgan fingerprint density at radius 2 is 2.06 bits per heavy atom. The minimum Gasteiger partial charge on any atom is -0.409 e. The molecule has 4 N–H and O–H groups in total. The lowest BCUT2D eigenvalue weighted by atomic mass is 10.1. The number of nitrogens with two attached hydrogens (primary N) is 1. The van der Waals surface area contributed by atoms with Gasteiger partial charge in [-0.05, 0) is 26.7 Å². The lowest BCUT2D eigenvalue weighted by Crippen LogP contribution is -2.43. The van der Waals surface area contributed by atoms with Crippen LogP contribution in [0, 0.1) is 0 Å². The molecule has 0 aromatic heterocycles. The van der Waals surface area contributed by atoms with Crippen molar-refractivity contribution in [3.05, 3.63) is 0 Å². The van der Waals surface area contributed by atoms with E-state index >= 15 is 0 Å². The van der Waals surface area contributed by atoms with Crippen LogP contribution in [0.2, 0.25) is 0 Å². The van der Waals surface area contributed by atoms with Crippen molar-refractivity contribution in [1.29, 1.82) is 0 Å². The fraction of sp³-hybridized carbons (Fsp3) is 0.909.